The molecular weight excluding hydrogens is 467 g/mol. The van der Waals surface area contributed by atoms with Gasteiger partial charge in [-0.15, -0.1) is 0 Å². The molecule has 1 N–H and O–H groups in total. The molecule has 4 aromatic rings. The van der Waals surface area contributed by atoms with Crippen molar-refractivity contribution in [1.29, 1.82) is 0 Å². The molecule has 184 valence electrons. The molecule has 0 saturated carbocycles. The summed E-state index contributed by atoms with van der Waals surface area (Å²) in [6.45, 7) is 0.515. The van der Waals surface area contributed by atoms with Crippen LogP contribution < -0.4 is 20.8 Å². The number of rotatable bonds is 9. The van der Waals surface area contributed by atoms with Crippen LogP contribution in [0.3, 0.4) is 0 Å². The van der Waals surface area contributed by atoms with E-state index in [-0.39, 0.29) is 6.10 Å². The van der Waals surface area contributed by atoms with Crippen molar-refractivity contribution in [3.8, 4) is 5.75 Å². The maximum atomic E-state index is 8.76. The third-order valence-electron chi connectivity index (χ3n) is 6.91. The Labute approximate surface area is 213 Å². The van der Waals surface area contributed by atoms with E-state index in [1.807, 2.05) is 12.1 Å². The summed E-state index contributed by atoms with van der Waals surface area (Å²) >= 11 is 0. The maximum absolute atomic E-state index is 8.76. The first-order valence-corrected chi connectivity index (χ1v) is 14.6. The van der Waals surface area contributed by atoms with Crippen LogP contribution in [-0.2, 0) is 9.47 Å². The summed E-state index contributed by atoms with van der Waals surface area (Å²) in [5.74, 6) is 1.08. The quantitative estimate of drug-likeness (QED) is 0.181. The average Bonchev–Trinajstić information content (AvgIpc) is 2.97. The first kappa shape index (κ1) is 24.1. The summed E-state index contributed by atoms with van der Waals surface area (Å²) in [5, 5.41) is 13.1. The van der Waals surface area contributed by atoms with E-state index in [2.05, 4.69) is 95.9 Å². The molecular formula is C31H31O4P. The fraction of sp³-hybridized carbons (Fsp3) is 0.161. The van der Waals surface area contributed by atoms with Crippen LogP contribution in [0.2, 0.25) is 0 Å². The Balaban J connectivity index is 1.35. The van der Waals surface area contributed by atoms with Crippen molar-refractivity contribution >= 4 is 28.9 Å². The third kappa shape index (κ3) is 5.16. The van der Waals surface area contributed by atoms with Crippen LogP contribution in [0.4, 0.5) is 0 Å². The van der Waals surface area contributed by atoms with Crippen LogP contribution in [0.25, 0.3) is 5.76 Å². The van der Waals surface area contributed by atoms with E-state index in [1.165, 1.54) is 15.9 Å². The van der Waals surface area contributed by atoms with Gasteiger partial charge < -0.3 is 0 Å². The van der Waals surface area contributed by atoms with E-state index < -0.39 is 7.26 Å². The predicted octanol–water partition coefficient (Wildman–Crippen LogP) is 5.76. The summed E-state index contributed by atoms with van der Waals surface area (Å²) in [6, 6.07) is 40.1. The predicted molar refractivity (Wildman–Crippen MR) is 149 cm³/mol. The van der Waals surface area contributed by atoms with Gasteiger partial charge in [0.15, 0.2) is 0 Å². The molecule has 5 heteroatoms. The summed E-state index contributed by atoms with van der Waals surface area (Å²) in [6.07, 6.45) is 4.76. The van der Waals surface area contributed by atoms with E-state index in [1.54, 1.807) is 18.4 Å². The molecule has 1 unspecified atom stereocenters. The van der Waals surface area contributed by atoms with Crippen molar-refractivity contribution in [2.75, 3.05) is 12.8 Å². The number of hydrogen-bond acceptors (Lipinski definition) is 4. The molecule has 0 bridgehead atoms. The van der Waals surface area contributed by atoms with E-state index in [4.69, 9.17) is 14.7 Å². The van der Waals surface area contributed by atoms with Crippen LogP contribution in [0.5, 0.6) is 5.75 Å². The fourth-order valence-corrected chi connectivity index (χ4v) is 9.98. The average molecular weight is 499 g/mol. The van der Waals surface area contributed by atoms with Gasteiger partial charge in [-0.25, -0.2) is 5.26 Å². The number of hydrogen-bond donors (Lipinski definition) is 1. The van der Waals surface area contributed by atoms with Gasteiger partial charge in [0.25, 0.3) is 0 Å². The summed E-state index contributed by atoms with van der Waals surface area (Å²) < 4.78 is 12.1. The molecule has 0 aliphatic carbocycles. The second kappa shape index (κ2) is 11.4. The van der Waals surface area contributed by atoms with Crippen LogP contribution in [0, 0.1) is 0 Å². The van der Waals surface area contributed by atoms with Gasteiger partial charge in [0.1, 0.15) is 0 Å². The molecule has 0 aromatic heterocycles. The van der Waals surface area contributed by atoms with Crippen LogP contribution in [-0.4, -0.2) is 24.1 Å². The molecule has 1 heterocycles. The van der Waals surface area contributed by atoms with Crippen molar-refractivity contribution in [1.82, 2.24) is 0 Å². The first-order chi connectivity index (χ1) is 17.8. The topological polar surface area (TPSA) is 47.9 Å². The molecule has 36 heavy (non-hydrogen) atoms. The fourth-order valence-electron chi connectivity index (χ4n) is 5.09. The minimum absolute atomic E-state index is 0.0165. The Morgan fingerprint density at radius 2 is 1.25 bits per heavy atom. The number of ether oxygens (including phenoxy) is 2. The zero-order chi connectivity index (χ0) is 24.6. The minimum atomic E-state index is -2.23. The molecule has 4 nitrogen and oxygen atoms in total. The van der Waals surface area contributed by atoms with Gasteiger partial charge >= 0.3 is 208 Å². The van der Waals surface area contributed by atoms with Gasteiger partial charge in [0, 0.05) is 0 Å². The van der Waals surface area contributed by atoms with Crippen LogP contribution in [0.15, 0.2) is 122 Å². The Bertz CT molecular complexity index is 1160. The number of benzene rings is 4. The molecule has 4 aromatic carbocycles. The zero-order valence-corrected chi connectivity index (χ0v) is 21.1. The van der Waals surface area contributed by atoms with Crippen molar-refractivity contribution < 1.29 is 19.6 Å². The molecule has 0 amide bonds. The molecule has 1 atom stereocenters. The van der Waals surface area contributed by atoms with Gasteiger partial charge in [0.2, 0.25) is 0 Å². The first-order valence-electron chi connectivity index (χ1n) is 12.4. The van der Waals surface area contributed by atoms with Crippen LogP contribution >= 0.6 is 7.26 Å². The summed E-state index contributed by atoms with van der Waals surface area (Å²) in [7, 11) is -2.23. The summed E-state index contributed by atoms with van der Waals surface area (Å²) in [4.78, 5) is 4.25. The molecule has 0 radical (unpaired) electrons. The van der Waals surface area contributed by atoms with Gasteiger partial charge in [0.05, 0.1) is 0 Å². The third-order valence-corrected chi connectivity index (χ3v) is 12.0. The molecule has 1 aliphatic rings. The van der Waals surface area contributed by atoms with Crippen molar-refractivity contribution in [2.24, 2.45) is 0 Å². The Kier molecular flexibility index (Phi) is 7.66. The van der Waals surface area contributed by atoms with Gasteiger partial charge in [-0.05, 0) is 0 Å². The molecule has 1 aliphatic heterocycles. The normalized spacial score (nSPS) is 15.8. The van der Waals surface area contributed by atoms with E-state index in [0.717, 1.165) is 24.6 Å². The van der Waals surface area contributed by atoms with Crippen molar-refractivity contribution in [3.05, 3.63) is 127 Å². The molecule has 0 spiro atoms. The van der Waals surface area contributed by atoms with Crippen molar-refractivity contribution in [2.45, 2.75) is 18.9 Å². The standard InChI is InChI=1S/C31H31O4P/c32-35-26-20-18-25(19-21-26)31-24-33-27(23-34-31)11-10-22-36(28-12-4-1-5-13-28,29-14-6-2-7-15-29)30-16-8-3-9-17-30/h1-9,12-21,24,27,32,36H,10-11,22-23H2. The van der Waals surface area contributed by atoms with E-state index in [9.17, 15) is 0 Å². The molecule has 0 saturated heterocycles. The Morgan fingerprint density at radius 1 is 0.722 bits per heavy atom. The monoisotopic (exact) mass is 498 g/mol. The second-order valence-corrected chi connectivity index (χ2v) is 13.1. The van der Waals surface area contributed by atoms with E-state index >= 15 is 0 Å². The Morgan fingerprint density at radius 3 is 1.69 bits per heavy atom. The Hall–Kier alpha value is -3.59. The second-order valence-electron chi connectivity index (χ2n) is 9.06. The van der Waals surface area contributed by atoms with Crippen molar-refractivity contribution in [3.63, 3.8) is 0 Å². The van der Waals surface area contributed by atoms with Gasteiger partial charge in [-0.1, -0.05) is 0 Å². The molecule has 5 rings (SSSR count). The van der Waals surface area contributed by atoms with Gasteiger partial charge in [-0.3, -0.25) is 0 Å². The SMILES string of the molecule is OOc1ccc(C2=COC(CCC[PH](c3ccccc3)(c3ccccc3)c3ccccc3)CO2)cc1. The van der Waals surface area contributed by atoms with Gasteiger partial charge in [-0.2, -0.15) is 0 Å². The van der Waals surface area contributed by atoms with Crippen LogP contribution in [0.1, 0.15) is 18.4 Å². The molecule has 0 fully saturated rings. The van der Waals surface area contributed by atoms with E-state index in [0.29, 0.717) is 18.1 Å². The summed E-state index contributed by atoms with van der Waals surface area (Å²) in [5.41, 5.74) is 0.887. The zero-order valence-electron chi connectivity index (χ0n) is 20.1.